The molecular weight excluding hydrogens is 529 g/mol. The third kappa shape index (κ3) is 7.18. The maximum Gasteiger partial charge on any atom is 0.193 e. The van der Waals surface area contributed by atoms with Crippen molar-refractivity contribution in [3.05, 3.63) is 47.9 Å². The molecule has 3 rings (SSSR count). The number of aryl methyl sites for hydroxylation is 1. The van der Waals surface area contributed by atoms with E-state index < -0.39 is 9.84 Å². The molecule has 31 heavy (non-hydrogen) atoms. The number of nitrogens with one attached hydrogen (secondary N) is 1. The second-order valence-electron chi connectivity index (χ2n) is 7.58. The van der Waals surface area contributed by atoms with Crippen molar-refractivity contribution in [3.63, 3.8) is 0 Å². The molecule has 0 saturated carbocycles. The van der Waals surface area contributed by atoms with Crippen LogP contribution in [0.3, 0.4) is 0 Å². The van der Waals surface area contributed by atoms with Gasteiger partial charge in [0.2, 0.25) is 0 Å². The number of rotatable bonds is 7. The molecule has 10 heteroatoms. The Morgan fingerprint density at radius 3 is 2.45 bits per heavy atom. The van der Waals surface area contributed by atoms with Crippen molar-refractivity contribution in [2.24, 2.45) is 4.99 Å². The summed E-state index contributed by atoms with van der Waals surface area (Å²) in [5.74, 6) is 1.62. The highest BCUT2D eigenvalue weighted by molar-refractivity contribution is 14.0. The molecule has 0 spiro atoms. The van der Waals surface area contributed by atoms with Gasteiger partial charge >= 0.3 is 0 Å². The van der Waals surface area contributed by atoms with Gasteiger partial charge < -0.3 is 14.7 Å². The SMILES string of the molecule is CCC(CS(=O)(=O)c1ccccc1)NC(=NC)N1CCN(Cc2cc(C)on2)CC1.I. The fourth-order valence-electron chi connectivity index (χ4n) is 3.57. The molecule has 1 aliphatic heterocycles. The molecular formula is C21H32IN5O3S. The lowest BCUT2D eigenvalue weighted by atomic mass is 10.2. The first kappa shape index (κ1) is 25.6. The van der Waals surface area contributed by atoms with Crippen LogP contribution in [0.1, 0.15) is 24.8 Å². The van der Waals surface area contributed by atoms with E-state index in [9.17, 15) is 8.42 Å². The minimum Gasteiger partial charge on any atom is -0.361 e. The summed E-state index contributed by atoms with van der Waals surface area (Å²) < 4.78 is 30.6. The van der Waals surface area contributed by atoms with Gasteiger partial charge in [-0.2, -0.15) is 0 Å². The average molecular weight is 561 g/mol. The number of aromatic nitrogens is 1. The molecule has 1 unspecified atom stereocenters. The summed E-state index contributed by atoms with van der Waals surface area (Å²) in [6.45, 7) is 8.05. The van der Waals surface area contributed by atoms with Crippen LogP contribution in [0.4, 0.5) is 0 Å². The zero-order chi connectivity index (χ0) is 21.6. The van der Waals surface area contributed by atoms with E-state index in [1.54, 1.807) is 31.3 Å². The van der Waals surface area contributed by atoms with Crippen LogP contribution in [-0.2, 0) is 16.4 Å². The van der Waals surface area contributed by atoms with Crippen LogP contribution in [0.2, 0.25) is 0 Å². The van der Waals surface area contributed by atoms with Gasteiger partial charge in [0.05, 0.1) is 16.3 Å². The summed E-state index contributed by atoms with van der Waals surface area (Å²) in [6, 6.07) is 10.4. The number of halogens is 1. The van der Waals surface area contributed by atoms with Gasteiger partial charge in [0.15, 0.2) is 15.8 Å². The van der Waals surface area contributed by atoms with E-state index in [1.807, 2.05) is 26.0 Å². The number of piperazine rings is 1. The molecule has 8 nitrogen and oxygen atoms in total. The molecule has 1 aromatic heterocycles. The summed E-state index contributed by atoms with van der Waals surface area (Å²) in [7, 11) is -1.62. The first-order valence-corrected chi connectivity index (χ1v) is 12.0. The van der Waals surface area contributed by atoms with Gasteiger partial charge in [-0.15, -0.1) is 24.0 Å². The smallest absolute Gasteiger partial charge is 0.193 e. The molecule has 2 heterocycles. The first-order chi connectivity index (χ1) is 14.4. The average Bonchev–Trinajstić information content (AvgIpc) is 3.17. The van der Waals surface area contributed by atoms with Crippen LogP contribution in [0.5, 0.6) is 0 Å². The van der Waals surface area contributed by atoms with Crippen LogP contribution in [0, 0.1) is 6.92 Å². The molecule has 1 fully saturated rings. The normalized spacial score (nSPS) is 16.6. The van der Waals surface area contributed by atoms with E-state index in [0.717, 1.165) is 50.1 Å². The number of hydrogen-bond donors (Lipinski definition) is 1. The predicted octanol–water partition coefficient (Wildman–Crippen LogP) is 2.55. The van der Waals surface area contributed by atoms with Crippen LogP contribution in [-0.4, -0.2) is 74.4 Å². The molecule has 1 saturated heterocycles. The quantitative estimate of drug-likeness (QED) is 0.316. The van der Waals surface area contributed by atoms with Crippen molar-refractivity contribution in [2.45, 2.75) is 37.8 Å². The fourth-order valence-corrected chi connectivity index (χ4v) is 5.18. The Hall–Kier alpha value is -1.66. The second kappa shape index (κ2) is 11.8. The zero-order valence-electron chi connectivity index (χ0n) is 18.3. The van der Waals surface area contributed by atoms with Crippen LogP contribution in [0.25, 0.3) is 0 Å². The van der Waals surface area contributed by atoms with Gasteiger partial charge in [0.25, 0.3) is 0 Å². The highest BCUT2D eigenvalue weighted by Crippen LogP contribution is 2.13. The highest BCUT2D eigenvalue weighted by atomic mass is 127. The van der Waals surface area contributed by atoms with Crippen LogP contribution >= 0.6 is 24.0 Å². The molecule has 1 N–H and O–H groups in total. The summed E-state index contributed by atoms with van der Waals surface area (Å²) in [5, 5.41) is 7.43. The van der Waals surface area contributed by atoms with Crippen molar-refractivity contribution < 1.29 is 12.9 Å². The van der Waals surface area contributed by atoms with E-state index in [4.69, 9.17) is 4.52 Å². The Balaban J connectivity index is 0.00000341. The molecule has 0 aliphatic carbocycles. The van der Waals surface area contributed by atoms with E-state index in [1.165, 1.54) is 0 Å². The van der Waals surface area contributed by atoms with Crippen LogP contribution in [0.15, 0.2) is 50.8 Å². The molecule has 1 atom stereocenters. The van der Waals surface area contributed by atoms with Crippen molar-refractivity contribution in [2.75, 3.05) is 39.0 Å². The summed E-state index contributed by atoms with van der Waals surface area (Å²) in [5.41, 5.74) is 0.945. The van der Waals surface area contributed by atoms with E-state index in [-0.39, 0.29) is 35.8 Å². The number of benzene rings is 1. The first-order valence-electron chi connectivity index (χ1n) is 10.3. The second-order valence-corrected chi connectivity index (χ2v) is 9.62. The zero-order valence-corrected chi connectivity index (χ0v) is 21.5. The Morgan fingerprint density at radius 1 is 1.23 bits per heavy atom. The van der Waals surface area contributed by atoms with E-state index >= 15 is 0 Å². The summed E-state index contributed by atoms with van der Waals surface area (Å²) in [4.78, 5) is 9.28. The highest BCUT2D eigenvalue weighted by Gasteiger charge is 2.25. The maximum atomic E-state index is 12.8. The van der Waals surface area contributed by atoms with Crippen molar-refractivity contribution >= 4 is 39.8 Å². The minimum atomic E-state index is -3.36. The van der Waals surface area contributed by atoms with Crippen molar-refractivity contribution in [1.82, 2.24) is 20.3 Å². The molecule has 0 amide bonds. The summed E-state index contributed by atoms with van der Waals surface area (Å²) >= 11 is 0. The molecule has 1 aliphatic rings. The van der Waals surface area contributed by atoms with Gasteiger partial charge in [0.1, 0.15) is 5.76 Å². The standard InChI is InChI=1S/C21H31N5O3S.HI/c1-4-18(16-30(27,28)20-8-6-5-7-9-20)23-21(22-3)26-12-10-25(11-13-26)15-19-14-17(2)29-24-19;/h5-9,14,18H,4,10-13,15-16H2,1-3H3,(H,22,23);1H. The Kier molecular flexibility index (Phi) is 9.76. The number of nitrogens with zero attached hydrogens (tertiary/aromatic N) is 4. The lowest BCUT2D eigenvalue weighted by Crippen LogP contribution is -2.54. The van der Waals surface area contributed by atoms with Gasteiger partial charge in [-0.3, -0.25) is 9.89 Å². The third-order valence-corrected chi connectivity index (χ3v) is 7.13. The van der Waals surface area contributed by atoms with Crippen LogP contribution < -0.4 is 5.32 Å². The Labute approximate surface area is 202 Å². The molecule has 0 bridgehead atoms. The molecule has 2 aromatic rings. The van der Waals surface area contributed by atoms with E-state index in [2.05, 4.69) is 25.3 Å². The van der Waals surface area contributed by atoms with Gasteiger partial charge in [-0.1, -0.05) is 30.3 Å². The van der Waals surface area contributed by atoms with Crippen molar-refractivity contribution in [1.29, 1.82) is 0 Å². The predicted molar refractivity (Wildman–Crippen MR) is 133 cm³/mol. The number of guanidine groups is 1. The molecule has 172 valence electrons. The monoisotopic (exact) mass is 561 g/mol. The van der Waals surface area contributed by atoms with Crippen molar-refractivity contribution in [3.8, 4) is 0 Å². The lowest BCUT2D eigenvalue weighted by molar-refractivity contribution is 0.168. The van der Waals surface area contributed by atoms with Gasteiger partial charge in [-0.05, 0) is 25.5 Å². The minimum absolute atomic E-state index is 0. The fraction of sp³-hybridized carbons (Fsp3) is 0.524. The Bertz CT molecular complexity index is 941. The third-order valence-electron chi connectivity index (χ3n) is 5.29. The number of sulfone groups is 1. The number of aliphatic imine (C=N–C) groups is 1. The van der Waals surface area contributed by atoms with E-state index in [0.29, 0.717) is 11.3 Å². The topological polar surface area (TPSA) is 91.0 Å². The molecule has 1 aromatic carbocycles. The molecule has 0 radical (unpaired) electrons. The largest absolute Gasteiger partial charge is 0.361 e. The maximum absolute atomic E-state index is 12.8. The Morgan fingerprint density at radius 2 is 1.90 bits per heavy atom. The van der Waals surface area contributed by atoms with Gasteiger partial charge in [0, 0.05) is 51.9 Å². The summed E-state index contributed by atoms with van der Waals surface area (Å²) in [6.07, 6.45) is 0.691. The number of hydrogen-bond acceptors (Lipinski definition) is 6. The van der Waals surface area contributed by atoms with Gasteiger partial charge in [-0.25, -0.2) is 8.42 Å². The lowest BCUT2D eigenvalue weighted by Gasteiger charge is -2.37.